The second kappa shape index (κ2) is 6.83. The number of carbonyl (C=O) groups excluding carboxylic acids is 2. The minimum atomic E-state index is -0.00643. The van der Waals surface area contributed by atoms with Crippen molar-refractivity contribution in [3.05, 3.63) is 58.8 Å². The van der Waals surface area contributed by atoms with E-state index < -0.39 is 0 Å². The number of amides is 1. The van der Waals surface area contributed by atoms with Crippen LogP contribution >= 0.6 is 0 Å². The summed E-state index contributed by atoms with van der Waals surface area (Å²) in [6.07, 6.45) is 0.775. The molecule has 2 aromatic rings. The summed E-state index contributed by atoms with van der Waals surface area (Å²) in [5, 5.41) is 0. The maximum absolute atomic E-state index is 12.8. The molecule has 1 amide bonds. The van der Waals surface area contributed by atoms with Gasteiger partial charge >= 0.3 is 0 Å². The summed E-state index contributed by atoms with van der Waals surface area (Å²) in [7, 11) is 0. The molecule has 0 spiro atoms. The van der Waals surface area contributed by atoms with Gasteiger partial charge in [0.15, 0.2) is 0 Å². The van der Waals surface area contributed by atoms with Gasteiger partial charge in [-0.15, -0.1) is 0 Å². The van der Waals surface area contributed by atoms with Crippen molar-refractivity contribution in [3.63, 3.8) is 0 Å². The van der Waals surface area contributed by atoms with Crippen molar-refractivity contribution in [3.8, 4) is 0 Å². The number of benzene rings is 1. The number of anilines is 1. The molecule has 1 aliphatic rings. The third-order valence-electron chi connectivity index (χ3n) is 4.39. The Balaban J connectivity index is 1.70. The Morgan fingerprint density at radius 1 is 1.08 bits per heavy atom. The maximum Gasteiger partial charge on any atom is 0.254 e. The van der Waals surface area contributed by atoms with Gasteiger partial charge in [0.1, 0.15) is 12.1 Å². The van der Waals surface area contributed by atoms with E-state index in [4.69, 9.17) is 0 Å². The van der Waals surface area contributed by atoms with Gasteiger partial charge in [-0.2, -0.15) is 0 Å². The van der Waals surface area contributed by atoms with Crippen LogP contribution in [0.5, 0.6) is 0 Å². The molecule has 0 bridgehead atoms. The fourth-order valence-electron chi connectivity index (χ4n) is 2.96. The molecule has 1 aromatic heterocycles. The first-order valence-electron chi connectivity index (χ1n) is 8.12. The lowest BCUT2D eigenvalue weighted by molar-refractivity contribution is 0.0745. The first-order valence-corrected chi connectivity index (χ1v) is 8.12. The number of carbonyl (C=O) groups is 2. The largest absolute Gasteiger partial charge is 0.353 e. The molecule has 0 aliphatic carbocycles. The highest BCUT2D eigenvalue weighted by atomic mass is 16.2. The molecule has 0 unspecified atom stereocenters. The zero-order valence-corrected chi connectivity index (χ0v) is 14.0. The van der Waals surface area contributed by atoms with Crippen molar-refractivity contribution >= 4 is 18.0 Å². The average molecular weight is 323 g/mol. The van der Waals surface area contributed by atoms with Crippen LogP contribution in [0.2, 0.25) is 0 Å². The van der Waals surface area contributed by atoms with E-state index >= 15 is 0 Å². The molecule has 3 rings (SSSR count). The van der Waals surface area contributed by atoms with E-state index in [0.29, 0.717) is 24.2 Å². The highest BCUT2D eigenvalue weighted by Crippen LogP contribution is 2.17. The van der Waals surface area contributed by atoms with E-state index in [2.05, 4.69) is 9.88 Å². The summed E-state index contributed by atoms with van der Waals surface area (Å²) in [4.78, 5) is 32.3. The number of nitrogens with zero attached hydrogens (tertiary/aromatic N) is 3. The number of hydrogen-bond donors (Lipinski definition) is 0. The molecule has 24 heavy (non-hydrogen) atoms. The van der Waals surface area contributed by atoms with Crippen molar-refractivity contribution in [2.45, 2.75) is 13.8 Å². The molecular weight excluding hydrogens is 302 g/mol. The summed E-state index contributed by atoms with van der Waals surface area (Å²) in [6, 6.07) is 11.2. The SMILES string of the molecule is Cc1cccc(N2CCN(C(=O)c3cc(C=O)ccc3C)CC2)n1. The first-order chi connectivity index (χ1) is 11.6. The van der Waals surface area contributed by atoms with Gasteiger partial charge in [0.2, 0.25) is 0 Å². The summed E-state index contributed by atoms with van der Waals surface area (Å²) in [5.74, 6) is 0.953. The lowest BCUT2D eigenvalue weighted by Gasteiger charge is -2.35. The van der Waals surface area contributed by atoms with Crippen LogP contribution in [-0.4, -0.2) is 48.3 Å². The van der Waals surface area contributed by atoms with Crippen molar-refractivity contribution in [2.24, 2.45) is 0 Å². The van der Waals surface area contributed by atoms with Crippen LogP contribution in [0.4, 0.5) is 5.82 Å². The number of rotatable bonds is 3. The van der Waals surface area contributed by atoms with Crippen LogP contribution < -0.4 is 4.90 Å². The van der Waals surface area contributed by atoms with Gasteiger partial charge in [-0.05, 0) is 37.6 Å². The fraction of sp³-hybridized carbons (Fsp3) is 0.316. The molecule has 5 heteroatoms. The summed E-state index contributed by atoms with van der Waals surface area (Å²) < 4.78 is 0. The minimum absolute atomic E-state index is 0.00643. The Morgan fingerprint density at radius 3 is 2.50 bits per heavy atom. The second-order valence-corrected chi connectivity index (χ2v) is 6.11. The molecule has 0 saturated carbocycles. The zero-order valence-electron chi connectivity index (χ0n) is 14.0. The fourth-order valence-corrected chi connectivity index (χ4v) is 2.96. The van der Waals surface area contributed by atoms with E-state index in [-0.39, 0.29) is 5.91 Å². The topological polar surface area (TPSA) is 53.5 Å². The molecule has 5 nitrogen and oxygen atoms in total. The predicted octanol–water partition coefficient (Wildman–Crippen LogP) is 2.47. The molecule has 1 fully saturated rings. The van der Waals surface area contributed by atoms with Crippen LogP contribution in [0.3, 0.4) is 0 Å². The van der Waals surface area contributed by atoms with Gasteiger partial charge < -0.3 is 9.80 Å². The molecule has 1 aliphatic heterocycles. The van der Waals surface area contributed by atoms with E-state index in [1.54, 1.807) is 12.1 Å². The molecule has 124 valence electrons. The molecule has 0 atom stereocenters. The Morgan fingerprint density at radius 2 is 1.83 bits per heavy atom. The lowest BCUT2D eigenvalue weighted by Crippen LogP contribution is -2.49. The smallest absolute Gasteiger partial charge is 0.254 e. The van der Waals surface area contributed by atoms with Gasteiger partial charge in [-0.1, -0.05) is 18.2 Å². The van der Waals surface area contributed by atoms with Crippen LogP contribution in [0.15, 0.2) is 36.4 Å². The van der Waals surface area contributed by atoms with E-state index in [1.165, 1.54) is 0 Å². The standard InChI is InChI=1S/C19H21N3O2/c1-14-6-7-16(13-23)12-17(14)19(24)22-10-8-21(9-11-22)18-5-3-4-15(2)20-18/h3-7,12-13H,8-11H2,1-2H3. The number of aldehydes is 1. The molecule has 0 radical (unpaired) electrons. The molecule has 2 heterocycles. The molecule has 1 aromatic carbocycles. The van der Waals surface area contributed by atoms with Crippen LogP contribution in [0, 0.1) is 13.8 Å². The number of piperazine rings is 1. The second-order valence-electron chi connectivity index (χ2n) is 6.11. The highest BCUT2D eigenvalue weighted by molar-refractivity contribution is 5.97. The van der Waals surface area contributed by atoms with E-state index in [0.717, 1.165) is 36.5 Å². The third-order valence-corrected chi connectivity index (χ3v) is 4.39. The van der Waals surface area contributed by atoms with E-state index in [9.17, 15) is 9.59 Å². The number of hydrogen-bond acceptors (Lipinski definition) is 4. The van der Waals surface area contributed by atoms with Crippen molar-refractivity contribution < 1.29 is 9.59 Å². The lowest BCUT2D eigenvalue weighted by atomic mass is 10.0. The van der Waals surface area contributed by atoms with Crippen molar-refractivity contribution in [1.29, 1.82) is 0 Å². The monoisotopic (exact) mass is 323 g/mol. The average Bonchev–Trinajstić information content (AvgIpc) is 2.62. The van der Waals surface area contributed by atoms with Crippen LogP contribution in [-0.2, 0) is 0 Å². The Kier molecular flexibility index (Phi) is 4.60. The van der Waals surface area contributed by atoms with Gasteiger partial charge in [-0.3, -0.25) is 9.59 Å². The maximum atomic E-state index is 12.8. The molecule has 1 saturated heterocycles. The molecular formula is C19H21N3O2. The first kappa shape index (κ1) is 16.2. The van der Waals surface area contributed by atoms with Crippen molar-refractivity contribution in [2.75, 3.05) is 31.1 Å². The Hall–Kier alpha value is -2.69. The van der Waals surface area contributed by atoms with Gasteiger partial charge in [0.25, 0.3) is 5.91 Å². The Labute approximate surface area is 141 Å². The highest BCUT2D eigenvalue weighted by Gasteiger charge is 2.24. The Bertz CT molecular complexity index is 765. The predicted molar refractivity (Wildman–Crippen MR) is 93.7 cm³/mol. The zero-order chi connectivity index (χ0) is 17.1. The normalized spacial score (nSPS) is 14.6. The number of pyridine rings is 1. The summed E-state index contributed by atoms with van der Waals surface area (Å²) in [6.45, 7) is 6.70. The van der Waals surface area contributed by atoms with Crippen LogP contribution in [0.1, 0.15) is 32.0 Å². The number of aryl methyl sites for hydroxylation is 2. The van der Waals surface area contributed by atoms with E-state index in [1.807, 2.05) is 43.0 Å². The van der Waals surface area contributed by atoms with Gasteiger partial charge in [-0.25, -0.2) is 4.98 Å². The minimum Gasteiger partial charge on any atom is -0.353 e. The molecule has 0 N–H and O–H groups in total. The van der Waals surface area contributed by atoms with Crippen LogP contribution in [0.25, 0.3) is 0 Å². The quantitative estimate of drug-likeness (QED) is 0.814. The van der Waals surface area contributed by atoms with Gasteiger partial charge in [0.05, 0.1) is 0 Å². The number of aromatic nitrogens is 1. The van der Waals surface area contributed by atoms with Gasteiger partial charge in [0, 0.05) is 43.0 Å². The summed E-state index contributed by atoms with van der Waals surface area (Å²) in [5.41, 5.74) is 3.04. The third kappa shape index (κ3) is 3.30. The van der Waals surface area contributed by atoms with Crippen molar-refractivity contribution in [1.82, 2.24) is 9.88 Å². The summed E-state index contributed by atoms with van der Waals surface area (Å²) >= 11 is 0.